The van der Waals surface area contributed by atoms with Crippen molar-refractivity contribution in [1.29, 1.82) is 0 Å². The molecule has 0 radical (unpaired) electrons. The zero-order chi connectivity index (χ0) is 19.9. The van der Waals surface area contributed by atoms with Crippen LogP contribution >= 0.6 is 11.3 Å². The van der Waals surface area contributed by atoms with E-state index in [2.05, 4.69) is 10.1 Å². The van der Waals surface area contributed by atoms with Crippen LogP contribution in [-0.4, -0.2) is 35.5 Å². The number of piperidine rings is 1. The first kappa shape index (κ1) is 19.2. The van der Waals surface area contributed by atoms with Crippen molar-refractivity contribution >= 4 is 21.4 Å². The van der Waals surface area contributed by atoms with Gasteiger partial charge in [-0.25, -0.2) is 12.8 Å². The van der Waals surface area contributed by atoms with Gasteiger partial charge in [-0.05, 0) is 44.9 Å². The molecule has 0 spiro atoms. The smallest absolute Gasteiger partial charge is 0.268 e. The van der Waals surface area contributed by atoms with E-state index in [1.165, 1.54) is 23.5 Å². The zero-order valence-electron chi connectivity index (χ0n) is 15.6. The lowest BCUT2D eigenvalue weighted by Gasteiger charge is -2.32. The third-order valence-electron chi connectivity index (χ3n) is 4.92. The Morgan fingerprint density at radius 2 is 2.11 bits per heavy atom. The molecule has 3 aromatic rings. The summed E-state index contributed by atoms with van der Waals surface area (Å²) in [6, 6.07) is 7.50. The molecule has 0 bridgehead atoms. The highest BCUT2D eigenvalue weighted by atomic mass is 32.2. The molecule has 1 aromatic carbocycles. The standard InChI is InChI=1S/C19H20FN3O3S2/c1-12-6-3-4-9-23(12)28(24,25)17-11-16(27-13(17)2)19-21-18(22-26-19)14-7-5-8-15(20)10-14/h5,7-8,10-12H,3-4,6,9H2,1-2H3. The highest BCUT2D eigenvalue weighted by Crippen LogP contribution is 2.36. The van der Waals surface area contributed by atoms with E-state index in [9.17, 15) is 12.8 Å². The van der Waals surface area contributed by atoms with Crippen LogP contribution in [0.5, 0.6) is 0 Å². The fourth-order valence-electron chi connectivity index (χ4n) is 3.45. The maximum Gasteiger partial charge on any atom is 0.268 e. The summed E-state index contributed by atoms with van der Waals surface area (Å²) >= 11 is 1.30. The Labute approximate surface area is 167 Å². The second-order valence-corrected chi connectivity index (χ2v) is 10.0. The fraction of sp³-hybridized carbons (Fsp3) is 0.368. The molecule has 0 N–H and O–H groups in total. The minimum atomic E-state index is -3.58. The van der Waals surface area contributed by atoms with E-state index in [-0.39, 0.29) is 28.5 Å². The number of benzene rings is 1. The predicted molar refractivity (Wildman–Crippen MR) is 105 cm³/mol. The Morgan fingerprint density at radius 1 is 1.29 bits per heavy atom. The van der Waals surface area contributed by atoms with Gasteiger partial charge in [-0.15, -0.1) is 11.3 Å². The van der Waals surface area contributed by atoms with Gasteiger partial charge in [0.1, 0.15) is 5.82 Å². The molecule has 1 atom stereocenters. The maximum atomic E-state index is 13.4. The zero-order valence-corrected chi connectivity index (χ0v) is 17.2. The fourth-order valence-corrected chi connectivity index (χ4v) is 6.63. The van der Waals surface area contributed by atoms with Crippen LogP contribution in [0.4, 0.5) is 4.39 Å². The molecule has 2 aromatic heterocycles. The van der Waals surface area contributed by atoms with Gasteiger partial charge >= 0.3 is 0 Å². The molecule has 4 rings (SSSR count). The lowest BCUT2D eigenvalue weighted by Crippen LogP contribution is -2.41. The molecule has 1 unspecified atom stereocenters. The Kier molecular flexibility index (Phi) is 5.07. The average molecular weight is 422 g/mol. The van der Waals surface area contributed by atoms with Gasteiger partial charge in [0.05, 0.1) is 9.77 Å². The average Bonchev–Trinajstić information content (AvgIpc) is 3.29. The van der Waals surface area contributed by atoms with E-state index in [1.54, 1.807) is 29.4 Å². The third-order valence-corrected chi connectivity index (χ3v) is 8.23. The number of sulfonamides is 1. The number of nitrogens with zero attached hydrogens (tertiary/aromatic N) is 3. The van der Waals surface area contributed by atoms with Crippen molar-refractivity contribution in [2.45, 2.75) is 44.0 Å². The Hall–Kier alpha value is -2.10. The van der Waals surface area contributed by atoms with Crippen LogP contribution in [0.25, 0.3) is 22.2 Å². The van der Waals surface area contributed by atoms with E-state index in [1.807, 2.05) is 6.92 Å². The number of aromatic nitrogens is 2. The summed E-state index contributed by atoms with van der Waals surface area (Å²) < 4.78 is 46.6. The van der Waals surface area contributed by atoms with Gasteiger partial charge in [-0.2, -0.15) is 9.29 Å². The number of aryl methyl sites for hydroxylation is 1. The van der Waals surface area contributed by atoms with Crippen molar-refractivity contribution in [1.82, 2.24) is 14.4 Å². The molecule has 9 heteroatoms. The van der Waals surface area contributed by atoms with Crippen LogP contribution < -0.4 is 0 Å². The first-order valence-corrected chi connectivity index (χ1v) is 11.3. The SMILES string of the molecule is Cc1sc(-c2nc(-c3cccc(F)c3)no2)cc1S(=O)(=O)N1CCCCC1C. The molecule has 6 nitrogen and oxygen atoms in total. The lowest BCUT2D eigenvalue weighted by molar-refractivity contribution is 0.268. The number of halogens is 1. The van der Waals surface area contributed by atoms with Gasteiger partial charge in [0, 0.05) is 23.0 Å². The molecular formula is C19H20FN3O3S2. The van der Waals surface area contributed by atoms with Crippen LogP contribution in [0.2, 0.25) is 0 Å². The molecule has 1 fully saturated rings. The molecule has 1 aliphatic rings. The molecule has 1 saturated heterocycles. The van der Waals surface area contributed by atoms with Crippen LogP contribution in [0, 0.1) is 12.7 Å². The van der Waals surface area contributed by atoms with Crippen LogP contribution in [0.3, 0.4) is 0 Å². The number of hydrogen-bond acceptors (Lipinski definition) is 6. The summed E-state index contributed by atoms with van der Waals surface area (Å²) in [5.41, 5.74) is 0.498. The first-order chi connectivity index (χ1) is 13.4. The summed E-state index contributed by atoms with van der Waals surface area (Å²) in [6.45, 7) is 4.26. The van der Waals surface area contributed by atoms with Crippen molar-refractivity contribution in [2.75, 3.05) is 6.54 Å². The van der Waals surface area contributed by atoms with E-state index in [0.29, 0.717) is 21.9 Å². The predicted octanol–water partition coefficient (Wildman–Crippen LogP) is 4.48. The van der Waals surface area contributed by atoms with Gasteiger partial charge in [-0.1, -0.05) is 23.7 Å². The summed E-state index contributed by atoms with van der Waals surface area (Å²) in [5.74, 6) is 0.0926. The largest absolute Gasteiger partial charge is 0.333 e. The monoisotopic (exact) mass is 421 g/mol. The van der Waals surface area contributed by atoms with E-state index in [0.717, 1.165) is 19.3 Å². The quantitative estimate of drug-likeness (QED) is 0.621. The molecular weight excluding hydrogens is 401 g/mol. The van der Waals surface area contributed by atoms with Crippen molar-refractivity contribution in [2.24, 2.45) is 0 Å². The van der Waals surface area contributed by atoms with E-state index >= 15 is 0 Å². The number of thiophene rings is 1. The number of hydrogen-bond donors (Lipinski definition) is 0. The first-order valence-electron chi connectivity index (χ1n) is 9.08. The van der Waals surface area contributed by atoms with Crippen molar-refractivity contribution < 1.29 is 17.3 Å². The molecule has 1 aliphatic heterocycles. The molecule has 0 amide bonds. The molecule has 0 saturated carbocycles. The highest BCUT2D eigenvalue weighted by Gasteiger charge is 2.33. The Morgan fingerprint density at radius 3 is 2.86 bits per heavy atom. The molecule has 0 aliphatic carbocycles. The topological polar surface area (TPSA) is 76.3 Å². The molecule has 148 valence electrons. The number of rotatable bonds is 4. The lowest BCUT2D eigenvalue weighted by atomic mass is 10.1. The minimum absolute atomic E-state index is 0.00974. The van der Waals surface area contributed by atoms with Gasteiger partial charge in [0.15, 0.2) is 0 Å². The van der Waals surface area contributed by atoms with E-state index < -0.39 is 10.0 Å². The van der Waals surface area contributed by atoms with Crippen molar-refractivity contribution in [3.63, 3.8) is 0 Å². The summed E-state index contributed by atoms with van der Waals surface area (Å²) in [5, 5.41) is 3.90. The molecule has 3 heterocycles. The van der Waals surface area contributed by atoms with E-state index in [4.69, 9.17) is 4.52 Å². The van der Waals surface area contributed by atoms with Crippen LogP contribution in [0.1, 0.15) is 31.1 Å². The minimum Gasteiger partial charge on any atom is -0.333 e. The van der Waals surface area contributed by atoms with Gasteiger partial charge in [-0.3, -0.25) is 0 Å². The normalized spacial score (nSPS) is 18.5. The maximum absolute atomic E-state index is 13.4. The van der Waals surface area contributed by atoms with Gasteiger partial charge < -0.3 is 4.52 Å². The third kappa shape index (κ3) is 3.49. The summed E-state index contributed by atoms with van der Waals surface area (Å²) in [7, 11) is -3.58. The van der Waals surface area contributed by atoms with Crippen LogP contribution in [-0.2, 0) is 10.0 Å². The highest BCUT2D eigenvalue weighted by molar-refractivity contribution is 7.89. The Bertz CT molecular complexity index is 1110. The van der Waals surface area contributed by atoms with Crippen LogP contribution in [0.15, 0.2) is 39.8 Å². The summed E-state index contributed by atoms with van der Waals surface area (Å²) in [6.07, 6.45) is 2.79. The summed E-state index contributed by atoms with van der Waals surface area (Å²) in [4.78, 5) is 5.86. The second kappa shape index (κ2) is 7.38. The van der Waals surface area contributed by atoms with Gasteiger partial charge in [0.25, 0.3) is 5.89 Å². The van der Waals surface area contributed by atoms with Crippen molar-refractivity contribution in [3.8, 4) is 22.2 Å². The van der Waals surface area contributed by atoms with Crippen molar-refractivity contribution in [3.05, 3.63) is 41.0 Å². The molecule has 28 heavy (non-hydrogen) atoms. The second-order valence-electron chi connectivity index (χ2n) is 6.93. The van der Waals surface area contributed by atoms with Gasteiger partial charge in [0.2, 0.25) is 15.8 Å². The Balaban J connectivity index is 1.67.